The molecule has 0 fully saturated rings. The van der Waals surface area contributed by atoms with E-state index in [4.69, 9.17) is 0 Å². The van der Waals surface area contributed by atoms with E-state index in [1.807, 2.05) is 0 Å². The van der Waals surface area contributed by atoms with Crippen LogP contribution in [0.4, 0.5) is 18.9 Å². The van der Waals surface area contributed by atoms with Gasteiger partial charge in [-0.2, -0.15) is 13.2 Å². The van der Waals surface area contributed by atoms with Crippen LogP contribution in [0, 0.1) is 6.92 Å². The lowest BCUT2D eigenvalue weighted by Gasteiger charge is -2.13. The molecule has 2 N–H and O–H groups in total. The molecule has 0 unspecified atom stereocenters. The molecule has 2 amide bonds. The van der Waals surface area contributed by atoms with Crippen LogP contribution in [0.25, 0.3) is 0 Å². The fraction of sp³-hybridized carbons (Fsp3) is 0.167. The van der Waals surface area contributed by atoms with Crippen molar-refractivity contribution >= 4 is 17.5 Å². The van der Waals surface area contributed by atoms with Crippen LogP contribution in [-0.4, -0.2) is 23.3 Å². The van der Waals surface area contributed by atoms with E-state index in [0.717, 1.165) is 12.1 Å². The number of para-hydroxylation sites is 1. The summed E-state index contributed by atoms with van der Waals surface area (Å²) < 4.78 is 38.0. The maximum absolute atomic E-state index is 12.7. The number of benzene rings is 1. The number of aryl methyl sites for hydroxylation is 1. The molecule has 0 bridgehead atoms. The van der Waals surface area contributed by atoms with Crippen molar-refractivity contribution in [3.8, 4) is 0 Å². The first-order chi connectivity index (χ1) is 12.2. The van der Waals surface area contributed by atoms with Crippen molar-refractivity contribution in [2.75, 3.05) is 11.9 Å². The third-order valence-corrected chi connectivity index (χ3v) is 3.45. The summed E-state index contributed by atoms with van der Waals surface area (Å²) in [6.07, 6.45) is -3.08. The second-order valence-corrected chi connectivity index (χ2v) is 5.33. The van der Waals surface area contributed by atoms with Gasteiger partial charge in [-0.05, 0) is 31.2 Å². The van der Waals surface area contributed by atoms with Gasteiger partial charge in [-0.1, -0.05) is 18.2 Å². The van der Waals surface area contributed by atoms with Crippen LogP contribution in [0.15, 0.2) is 49.1 Å². The Balaban J connectivity index is 2.26. The molecule has 2 aromatic rings. The number of carbonyl (C=O) groups excluding carboxylic acids is 2. The van der Waals surface area contributed by atoms with Gasteiger partial charge in [0, 0.05) is 6.54 Å². The normalized spacial score (nSPS) is 10.9. The number of hydrogen-bond acceptors (Lipinski definition) is 3. The van der Waals surface area contributed by atoms with E-state index < -0.39 is 23.7 Å². The number of carbonyl (C=O) groups is 2. The third-order valence-electron chi connectivity index (χ3n) is 3.45. The molecule has 26 heavy (non-hydrogen) atoms. The lowest BCUT2D eigenvalue weighted by Crippen LogP contribution is -2.25. The molecular weight excluding hydrogens is 347 g/mol. The minimum atomic E-state index is -4.59. The van der Waals surface area contributed by atoms with Gasteiger partial charge in [-0.15, -0.1) is 6.58 Å². The van der Waals surface area contributed by atoms with Crippen molar-refractivity contribution in [3.05, 3.63) is 71.6 Å². The summed E-state index contributed by atoms with van der Waals surface area (Å²) in [5.74, 6) is -1.07. The van der Waals surface area contributed by atoms with Gasteiger partial charge in [0.15, 0.2) is 0 Å². The summed E-state index contributed by atoms with van der Waals surface area (Å²) in [7, 11) is 0. The average Bonchev–Trinajstić information content (AvgIpc) is 2.59. The first-order valence-corrected chi connectivity index (χ1v) is 7.58. The van der Waals surface area contributed by atoms with Crippen LogP contribution < -0.4 is 10.6 Å². The molecule has 0 aliphatic rings. The number of rotatable bonds is 5. The number of aromatic nitrogens is 1. The van der Waals surface area contributed by atoms with Gasteiger partial charge >= 0.3 is 6.18 Å². The highest BCUT2D eigenvalue weighted by Crippen LogP contribution is 2.28. The van der Waals surface area contributed by atoms with Gasteiger partial charge in [0.2, 0.25) is 0 Å². The quantitative estimate of drug-likeness (QED) is 0.798. The van der Waals surface area contributed by atoms with Crippen LogP contribution in [0.3, 0.4) is 0 Å². The molecule has 1 aromatic heterocycles. The Labute approximate surface area is 147 Å². The molecule has 0 aliphatic carbocycles. The molecule has 136 valence electrons. The number of amides is 2. The van der Waals surface area contributed by atoms with Crippen LogP contribution in [0.1, 0.15) is 32.1 Å². The van der Waals surface area contributed by atoms with Crippen molar-refractivity contribution < 1.29 is 22.8 Å². The summed E-state index contributed by atoms with van der Waals surface area (Å²) in [5, 5.41) is 5.13. The number of hydrogen-bond donors (Lipinski definition) is 2. The molecule has 5 nitrogen and oxygen atoms in total. The van der Waals surface area contributed by atoms with Gasteiger partial charge in [0.05, 0.1) is 22.5 Å². The van der Waals surface area contributed by atoms with Gasteiger partial charge in [-0.3, -0.25) is 9.59 Å². The Bertz CT molecular complexity index is 848. The predicted molar refractivity (Wildman–Crippen MR) is 90.9 cm³/mol. The van der Waals surface area contributed by atoms with E-state index >= 15 is 0 Å². The van der Waals surface area contributed by atoms with Gasteiger partial charge < -0.3 is 10.6 Å². The van der Waals surface area contributed by atoms with Crippen molar-refractivity contribution in [2.24, 2.45) is 0 Å². The zero-order chi connectivity index (χ0) is 19.3. The first-order valence-electron chi connectivity index (χ1n) is 7.58. The van der Waals surface area contributed by atoms with Crippen LogP contribution in [0.2, 0.25) is 0 Å². The van der Waals surface area contributed by atoms with E-state index in [1.165, 1.54) is 25.1 Å². The summed E-state index contributed by atoms with van der Waals surface area (Å²) >= 11 is 0. The predicted octanol–water partition coefficient (Wildman–Crippen LogP) is 3.58. The van der Waals surface area contributed by atoms with E-state index in [2.05, 4.69) is 22.2 Å². The minimum absolute atomic E-state index is 0.0145. The van der Waals surface area contributed by atoms with E-state index in [1.54, 1.807) is 12.1 Å². The second-order valence-electron chi connectivity index (χ2n) is 5.33. The molecule has 0 aliphatic heterocycles. The average molecular weight is 363 g/mol. The minimum Gasteiger partial charge on any atom is -0.349 e. The highest BCUT2D eigenvalue weighted by molar-refractivity contribution is 6.09. The van der Waals surface area contributed by atoms with Crippen molar-refractivity contribution in [3.63, 3.8) is 0 Å². The number of pyridine rings is 1. The van der Waals surface area contributed by atoms with Gasteiger partial charge in [-0.25, -0.2) is 4.98 Å². The lowest BCUT2D eigenvalue weighted by molar-refractivity contribution is -0.141. The largest absolute Gasteiger partial charge is 0.433 e. The summed E-state index contributed by atoms with van der Waals surface area (Å²) in [6, 6.07) is 8.09. The molecule has 2 rings (SSSR count). The fourth-order valence-electron chi connectivity index (χ4n) is 2.20. The van der Waals surface area contributed by atoms with Crippen LogP contribution in [-0.2, 0) is 6.18 Å². The summed E-state index contributed by atoms with van der Waals surface area (Å²) in [5.41, 5.74) is -0.695. The standard InChI is InChI=1S/C18H16F3N3O2/c1-3-10-22-16(25)13-6-4-5-7-14(13)24-17(26)12-8-9-15(18(19,20)21)23-11(12)2/h3-9H,1,10H2,2H3,(H,22,25)(H,24,26). The molecule has 1 heterocycles. The van der Waals surface area contributed by atoms with Crippen LogP contribution in [0.5, 0.6) is 0 Å². The van der Waals surface area contributed by atoms with Gasteiger partial charge in [0.25, 0.3) is 11.8 Å². The highest BCUT2D eigenvalue weighted by Gasteiger charge is 2.33. The molecule has 8 heteroatoms. The molecule has 0 saturated carbocycles. The van der Waals surface area contributed by atoms with Crippen molar-refractivity contribution in [1.29, 1.82) is 0 Å². The first kappa shape index (κ1) is 19.2. The number of nitrogens with zero attached hydrogens (tertiary/aromatic N) is 1. The van der Waals surface area contributed by atoms with E-state index in [9.17, 15) is 22.8 Å². The number of alkyl halides is 3. The Kier molecular flexibility index (Phi) is 5.76. The fourth-order valence-corrected chi connectivity index (χ4v) is 2.20. The number of halogens is 3. The molecular formula is C18H16F3N3O2. The summed E-state index contributed by atoms with van der Waals surface area (Å²) in [4.78, 5) is 28.0. The van der Waals surface area contributed by atoms with Crippen LogP contribution >= 0.6 is 0 Å². The zero-order valence-electron chi connectivity index (χ0n) is 13.9. The maximum atomic E-state index is 12.7. The monoisotopic (exact) mass is 363 g/mol. The Morgan fingerprint density at radius 3 is 2.42 bits per heavy atom. The number of anilines is 1. The molecule has 0 saturated heterocycles. The van der Waals surface area contributed by atoms with Gasteiger partial charge in [0.1, 0.15) is 5.69 Å². The topological polar surface area (TPSA) is 71.1 Å². The third kappa shape index (κ3) is 4.47. The smallest absolute Gasteiger partial charge is 0.349 e. The zero-order valence-corrected chi connectivity index (χ0v) is 13.9. The Hall–Kier alpha value is -3.16. The molecule has 0 radical (unpaired) electrons. The second kappa shape index (κ2) is 7.81. The SMILES string of the molecule is C=CCNC(=O)c1ccccc1NC(=O)c1ccc(C(F)(F)F)nc1C. The number of nitrogens with one attached hydrogen (secondary N) is 2. The van der Waals surface area contributed by atoms with E-state index in [0.29, 0.717) is 0 Å². The molecule has 0 spiro atoms. The Morgan fingerprint density at radius 1 is 1.12 bits per heavy atom. The molecule has 1 aromatic carbocycles. The van der Waals surface area contributed by atoms with Crippen molar-refractivity contribution in [2.45, 2.75) is 13.1 Å². The Morgan fingerprint density at radius 2 is 1.81 bits per heavy atom. The summed E-state index contributed by atoms with van der Waals surface area (Å²) in [6.45, 7) is 5.06. The maximum Gasteiger partial charge on any atom is 0.433 e. The molecule has 0 atom stereocenters. The van der Waals surface area contributed by atoms with Crippen molar-refractivity contribution in [1.82, 2.24) is 10.3 Å². The highest BCUT2D eigenvalue weighted by atomic mass is 19.4. The van der Waals surface area contributed by atoms with E-state index in [-0.39, 0.29) is 29.1 Å². The lowest BCUT2D eigenvalue weighted by atomic mass is 10.1.